The molecule has 3 amide bonds. The fourth-order valence-corrected chi connectivity index (χ4v) is 4.08. The maximum absolute atomic E-state index is 12.6. The van der Waals surface area contributed by atoms with Crippen molar-refractivity contribution in [3.05, 3.63) is 0 Å². The van der Waals surface area contributed by atoms with E-state index < -0.39 is 11.2 Å². The second-order valence-electron chi connectivity index (χ2n) is 8.65. The zero-order valence-corrected chi connectivity index (χ0v) is 15.7. The Bertz CT molecular complexity index is 527. The Morgan fingerprint density at radius 1 is 0.960 bits per heavy atom. The molecule has 142 valence electrons. The summed E-state index contributed by atoms with van der Waals surface area (Å²) >= 11 is 0. The van der Waals surface area contributed by atoms with Crippen molar-refractivity contribution in [3.8, 4) is 0 Å². The molecule has 7 nitrogen and oxygen atoms in total. The summed E-state index contributed by atoms with van der Waals surface area (Å²) in [5.41, 5.74) is -1.31. The van der Waals surface area contributed by atoms with Crippen LogP contribution in [0.4, 0.5) is 9.59 Å². The Morgan fingerprint density at radius 3 is 2.12 bits per heavy atom. The first kappa shape index (κ1) is 18.3. The molecule has 25 heavy (non-hydrogen) atoms. The van der Waals surface area contributed by atoms with E-state index in [1.807, 2.05) is 30.6 Å². The molecular formula is C18H31N3O4. The predicted molar refractivity (Wildman–Crippen MR) is 93.3 cm³/mol. The van der Waals surface area contributed by atoms with E-state index in [9.17, 15) is 14.7 Å². The Hall–Kier alpha value is -1.50. The Kier molecular flexibility index (Phi) is 4.88. The smallest absolute Gasteiger partial charge is 0.410 e. The van der Waals surface area contributed by atoms with Crippen LogP contribution in [0.3, 0.4) is 0 Å². The van der Waals surface area contributed by atoms with E-state index in [-0.39, 0.29) is 18.0 Å². The molecule has 0 aromatic carbocycles. The van der Waals surface area contributed by atoms with Crippen molar-refractivity contribution < 1.29 is 19.4 Å². The van der Waals surface area contributed by atoms with Gasteiger partial charge in [0.1, 0.15) is 5.60 Å². The molecule has 0 saturated carbocycles. The van der Waals surface area contributed by atoms with Crippen LogP contribution in [0.15, 0.2) is 0 Å². The van der Waals surface area contributed by atoms with Crippen LogP contribution in [0.5, 0.6) is 0 Å². The molecule has 0 spiro atoms. The van der Waals surface area contributed by atoms with Crippen molar-refractivity contribution in [2.45, 2.75) is 57.7 Å². The average molecular weight is 353 g/mol. The normalized spacial score (nSPS) is 30.2. The third kappa shape index (κ3) is 4.02. The third-order valence-electron chi connectivity index (χ3n) is 5.57. The summed E-state index contributed by atoms with van der Waals surface area (Å²) < 4.78 is 5.46. The fourth-order valence-electron chi connectivity index (χ4n) is 4.08. The number of hydrogen-bond donors (Lipinski definition) is 1. The molecule has 7 heteroatoms. The first-order valence-corrected chi connectivity index (χ1v) is 9.42. The molecule has 3 heterocycles. The van der Waals surface area contributed by atoms with Gasteiger partial charge >= 0.3 is 12.1 Å². The maximum atomic E-state index is 12.6. The Morgan fingerprint density at radius 2 is 1.52 bits per heavy atom. The number of urea groups is 1. The lowest BCUT2D eigenvalue weighted by Gasteiger charge is -2.50. The molecule has 2 unspecified atom stereocenters. The number of hydrogen-bond acceptors (Lipinski definition) is 4. The van der Waals surface area contributed by atoms with Crippen LogP contribution < -0.4 is 0 Å². The quantitative estimate of drug-likeness (QED) is 0.722. The molecule has 0 radical (unpaired) electrons. The van der Waals surface area contributed by atoms with Gasteiger partial charge in [0.25, 0.3) is 0 Å². The minimum absolute atomic E-state index is 0.0777. The Balaban J connectivity index is 1.63. The number of rotatable bonds is 0. The number of ether oxygens (including phenoxy) is 1. The zero-order chi connectivity index (χ0) is 18.2. The molecule has 2 atom stereocenters. The number of nitrogens with zero attached hydrogens (tertiary/aromatic N) is 3. The van der Waals surface area contributed by atoms with Gasteiger partial charge in [0.15, 0.2) is 0 Å². The van der Waals surface area contributed by atoms with Crippen LogP contribution in [-0.4, -0.2) is 82.4 Å². The summed E-state index contributed by atoms with van der Waals surface area (Å²) in [6.07, 6.45) is 2.93. The maximum Gasteiger partial charge on any atom is 0.410 e. The van der Waals surface area contributed by atoms with Crippen LogP contribution in [0.1, 0.15) is 46.5 Å². The molecule has 3 fully saturated rings. The fraction of sp³-hybridized carbons (Fsp3) is 0.889. The minimum Gasteiger partial charge on any atom is -0.444 e. The highest BCUT2D eigenvalue weighted by molar-refractivity contribution is 5.75. The summed E-state index contributed by atoms with van der Waals surface area (Å²) in [5.74, 6) is -0.117. The number of carbonyl (C=O) groups excluding carboxylic acids is 2. The number of fused-ring (bicyclic) bond motifs is 1. The van der Waals surface area contributed by atoms with E-state index >= 15 is 0 Å². The van der Waals surface area contributed by atoms with Gasteiger partial charge in [-0.15, -0.1) is 0 Å². The molecule has 0 aliphatic carbocycles. The molecule has 3 aliphatic rings. The summed E-state index contributed by atoms with van der Waals surface area (Å²) in [4.78, 5) is 30.4. The van der Waals surface area contributed by atoms with Crippen molar-refractivity contribution in [1.82, 2.24) is 14.7 Å². The van der Waals surface area contributed by atoms with Crippen LogP contribution in [0, 0.1) is 5.92 Å². The van der Waals surface area contributed by atoms with Crippen LogP contribution >= 0.6 is 0 Å². The van der Waals surface area contributed by atoms with Gasteiger partial charge in [0.2, 0.25) is 0 Å². The highest BCUT2D eigenvalue weighted by Gasteiger charge is 2.47. The van der Waals surface area contributed by atoms with Gasteiger partial charge in [0, 0.05) is 45.2 Å². The summed E-state index contributed by atoms with van der Waals surface area (Å²) in [6.45, 7) is 9.24. The van der Waals surface area contributed by atoms with E-state index in [1.165, 1.54) is 0 Å². The van der Waals surface area contributed by atoms with E-state index in [2.05, 4.69) is 0 Å². The van der Waals surface area contributed by atoms with Gasteiger partial charge in [0.05, 0.1) is 5.60 Å². The highest BCUT2D eigenvalue weighted by atomic mass is 16.6. The van der Waals surface area contributed by atoms with Crippen LogP contribution in [-0.2, 0) is 4.74 Å². The van der Waals surface area contributed by atoms with Gasteiger partial charge < -0.3 is 24.5 Å². The number of likely N-dealkylation sites (tertiary alicyclic amines) is 3. The van der Waals surface area contributed by atoms with Crippen molar-refractivity contribution in [3.63, 3.8) is 0 Å². The lowest BCUT2D eigenvalue weighted by molar-refractivity contribution is -0.106. The lowest BCUT2D eigenvalue weighted by Crippen LogP contribution is -2.62. The van der Waals surface area contributed by atoms with Gasteiger partial charge in [-0.2, -0.15) is 0 Å². The summed E-state index contributed by atoms with van der Waals surface area (Å²) in [7, 11) is 0. The summed E-state index contributed by atoms with van der Waals surface area (Å²) in [5, 5.41) is 11.0. The monoisotopic (exact) mass is 353 g/mol. The van der Waals surface area contributed by atoms with Gasteiger partial charge in [-0.25, -0.2) is 9.59 Å². The molecule has 3 rings (SSSR count). The molecular weight excluding hydrogens is 322 g/mol. The minimum atomic E-state index is -0.777. The highest BCUT2D eigenvalue weighted by Crippen LogP contribution is 2.36. The molecule has 0 aromatic heterocycles. The van der Waals surface area contributed by atoms with Crippen molar-refractivity contribution in [2.75, 3.05) is 39.3 Å². The SMILES string of the molecule is CC(C)(C)OC(=O)N1CCC2(O)CCN(C(=O)N3CCCC3)CC2C1. The number of amides is 3. The van der Waals surface area contributed by atoms with Crippen molar-refractivity contribution in [1.29, 1.82) is 0 Å². The zero-order valence-electron chi connectivity index (χ0n) is 15.7. The van der Waals surface area contributed by atoms with E-state index in [0.29, 0.717) is 39.0 Å². The number of carbonyl (C=O) groups is 2. The second-order valence-corrected chi connectivity index (χ2v) is 8.65. The average Bonchev–Trinajstić information content (AvgIpc) is 3.05. The molecule has 0 aromatic rings. The first-order valence-electron chi connectivity index (χ1n) is 9.42. The third-order valence-corrected chi connectivity index (χ3v) is 5.57. The van der Waals surface area contributed by atoms with E-state index in [4.69, 9.17) is 4.74 Å². The topological polar surface area (TPSA) is 73.3 Å². The van der Waals surface area contributed by atoms with Crippen LogP contribution in [0.25, 0.3) is 0 Å². The Labute approximate surface area is 149 Å². The molecule has 3 aliphatic heterocycles. The number of aliphatic hydroxyl groups is 1. The lowest BCUT2D eigenvalue weighted by atomic mass is 9.76. The largest absolute Gasteiger partial charge is 0.444 e. The predicted octanol–water partition coefficient (Wildman–Crippen LogP) is 1.90. The van der Waals surface area contributed by atoms with Crippen molar-refractivity contribution in [2.24, 2.45) is 5.92 Å². The van der Waals surface area contributed by atoms with Gasteiger partial charge in [-0.3, -0.25) is 0 Å². The van der Waals surface area contributed by atoms with E-state index in [1.54, 1.807) is 4.90 Å². The number of piperidine rings is 2. The van der Waals surface area contributed by atoms with Crippen molar-refractivity contribution >= 4 is 12.1 Å². The molecule has 0 bridgehead atoms. The summed E-state index contributed by atoms with van der Waals surface area (Å²) in [6, 6.07) is 0.0777. The van der Waals surface area contributed by atoms with E-state index in [0.717, 1.165) is 25.9 Å². The standard InChI is InChI=1S/C18H31N3O4/c1-17(2,3)25-16(23)21-11-7-18(24)6-10-20(12-14(18)13-21)15(22)19-8-4-5-9-19/h14,24H,4-13H2,1-3H3. The molecule has 3 saturated heterocycles. The second kappa shape index (κ2) is 6.67. The first-order chi connectivity index (χ1) is 11.7. The van der Waals surface area contributed by atoms with Gasteiger partial charge in [-0.05, 0) is 46.5 Å². The van der Waals surface area contributed by atoms with Crippen LogP contribution in [0.2, 0.25) is 0 Å². The van der Waals surface area contributed by atoms with Gasteiger partial charge in [-0.1, -0.05) is 0 Å². The molecule has 1 N–H and O–H groups in total.